The van der Waals surface area contributed by atoms with Gasteiger partial charge in [0.1, 0.15) is 0 Å². The first kappa shape index (κ1) is 14.2. The Kier molecular flexibility index (Phi) is 4.70. The Balaban J connectivity index is 1.94. The van der Waals surface area contributed by atoms with Crippen LogP contribution in [-0.2, 0) is 6.54 Å². The number of phenols is 1. The van der Waals surface area contributed by atoms with E-state index in [0.717, 1.165) is 23.9 Å². The van der Waals surface area contributed by atoms with Crippen molar-refractivity contribution in [3.63, 3.8) is 0 Å². The molecule has 0 bridgehead atoms. The van der Waals surface area contributed by atoms with Gasteiger partial charge in [-0.25, -0.2) is 0 Å². The molecule has 3 heteroatoms. The van der Waals surface area contributed by atoms with Gasteiger partial charge in [-0.15, -0.1) is 0 Å². The molecule has 106 valence electrons. The molecule has 1 aromatic carbocycles. The van der Waals surface area contributed by atoms with E-state index in [1.807, 2.05) is 12.1 Å². The average molecular weight is 263 g/mol. The zero-order valence-corrected chi connectivity index (χ0v) is 12.1. The molecule has 0 heterocycles. The van der Waals surface area contributed by atoms with Gasteiger partial charge in [0, 0.05) is 12.6 Å². The van der Waals surface area contributed by atoms with Crippen molar-refractivity contribution in [3.05, 3.63) is 23.8 Å². The number of rotatable bonds is 4. The summed E-state index contributed by atoms with van der Waals surface area (Å²) in [6.45, 7) is 5.53. The lowest BCUT2D eigenvalue weighted by molar-refractivity contribution is 0.206. The van der Waals surface area contributed by atoms with Crippen molar-refractivity contribution < 1.29 is 9.84 Å². The first-order valence-corrected chi connectivity index (χ1v) is 7.21. The van der Waals surface area contributed by atoms with Gasteiger partial charge in [0.05, 0.1) is 7.11 Å². The molecule has 1 aromatic rings. The Bertz CT molecular complexity index is 419. The van der Waals surface area contributed by atoms with Gasteiger partial charge >= 0.3 is 0 Å². The molecule has 1 aliphatic rings. The quantitative estimate of drug-likeness (QED) is 0.875. The Morgan fingerprint density at radius 1 is 1.32 bits per heavy atom. The second-order valence-corrected chi connectivity index (χ2v) is 5.76. The predicted octanol–water partition coefficient (Wildman–Crippen LogP) is 3.32. The van der Waals surface area contributed by atoms with E-state index < -0.39 is 0 Å². The fourth-order valence-electron chi connectivity index (χ4n) is 2.95. The molecule has 0 aromatic heterocycles. The van der Waals surface area contributed by atoms with Crippen molar-refractivity contribution in [2.45, 2.75) is 45.7 Å². The lowest BCUT2D eigenvalue weighted by Crippen LogP contribution is -2.40. The van der Waals surface area contributed by atoms with Crippen molar-refractivity contribution in [1.82, 2.24) is 5.32 Å². The highest BCUT2D eigenvalue weighted by Gasteiger charge is 2.26. The van der Waals surface area contributed by atoms with Crippen molar-refractivity contribution in [3.8, 4) is 11.5 Å². The smallest absolute Gasteiger partial charge is 0.160 e. The maximum Gasteiger partial charge on any atom is 0.160 e. The standard InChI is InChI=1S/C16H25NO2/c1-11-5-4-6-14(12(11)2)17-10-13-7-8-15(18)16(9-13)19-3/h7-9,11-12,14,17-18H,4-6,10H2,1-3H3. The van der Waals surface area contributed by atoms with Gasteiger partial charge in [0.15, 0.2) is 11.5 Å². The minimum Gasteiger partial charge on any atom is -0.504 e. The highest BCUT2D eigenvalue weighted by molar-refractivity contribution is 5.41. The number of benzene rings is 1. The van der Waals surface area contributed by atoms with Crippen molar-refractivity contribution >= 4 is 0 Å². The molecule has 0 spiro atoms. The summed E-state index contributed by atoms with van der Waals surface area (Å²) in [5.74, 6) is 2.28. The summed E-state index contributed by atoms with van der Waals surface area (Å²) >= 11 is 0. The second kappa shape index (κ2) is 6.29. The molecule has 2 rings (SSSR count). The SMILES string of the molecule is COc1cc(CNC2CCCC(C)C2C)ccc1O. The van der Waals surface area contributed by atoms with Gasteiger partial charge in [-0.3, -0.25) is 0 Å². The highest BCUT2D eigenvalue weighted by atomic mass is 16.5. The third kappa shape index (κ3) is 3.41. The fourth-order valence-corrected chi connectivity index (χ4v) is 2.95. The number of hydrogen-bond acceptors (Lipinski definition) is 3. The maximum atomic E-state index is 9.58. The average Bonchev–Trinajstić information content (AvgIpc) is 2.42. The van der Waals surface area contributed by atoms with E-state index in [1.54, 1.807) is 13.2 Å². The Labute approximate surface area is 116 Å². The van der Waals surface area contributed by atoms with E-state index in [1.165, 1.54) is 19.3 Å². The first-order chi connectivity index (χ1) is 9.11. The molecule has 1 fully saturated rings. The van der Waals surface area contributed by atoms with Gasteiger partial charge in [0.25, 0.3) is 0 Å². The zero-order valence-electron chi connectivity index (χ0n) is 12.1. The van der Waals surface area contributed by atoms with Crippen LogP contribution in [0.4, 0.5) is 0 Å². The lowest BCUT2D eigenvalue weighted by atomic mass is 9.78. The van der Waals surface area contributed by atoms with E-state index in [0.29, 0.717) is 11.8 Å². The van der Waals surface area contributed by atoms with Crippen molar-refractivity contribution in [2.24, 2.45) is 11.8 Å². The minimum absolute atomic E-state index is 0.200. The van der Waals surface area contributed by atoms with Crippen LogP contribution in [0.15, 0.2) is 18.2 Å². The zero-order chi connectivity index (χ0) is 13.8. The summed E-state index contributed by atoms with van der Waals surface area (Å²) in [7, 11) is 1.58. The Morgan fingerprint density at radius 2 is 2.11 bits per heavy atom. The van der Waals surface area contributed by atoms with E-state index in [-0.39, 0.29) is 5.75 Å². The minimum atomic E-state index is 0.200. The van der Waals surface area contributed by atoms with Crippen LogP contribution in [0.3, 0.4) is 0 Å². The van der Waals surface area contributed by atoms with Gasteiger partial charge in [-0.1, -0.05) is 32.8 Å². The molecule has 3 nitrogen and oxygen atoms in total. The van der Waals surface area contributed by atoms with E-state index >= 15 is 0 Å². The van der Waals surface area contributed by atoms with Gasteiger partial charge in [0.2, 0.25) is 0 Å². The molecule has 3 atom stereocenters. The molecule has 1 aliphatic carbocycles. The summed E-state index contributed by atoms with van der Waals surface area (Å²) in [6, 6.07) is 6.15. The number of hydrogen-bond donors (Lipinski definition) is 2. The first-order valence-electron chi connectivity index (χ1n) is 7.21. The molecule has 2 N–H and O–H groups in total. The maximum absolute atomic E-state index is 9.58. The lowest BCUT2D eigenvalue weighted by Gasteiger charge is -2.34. The predicted molar refractivity (Wildman–Crippen MR) is 77.5 cm³/mol. The van der Waals surface area contributed by atoms with Crippen molar-refractivity contribution in [2.75, 3.05) is 7.11 Å². The van der Waals surface area contributed by atoms with Crippen LogP contribution in [0, 0.1) is 11.8 Å². The molecule has 3 unspecified atom stereocenters. The number of methoxy groups -OCH3 is 1. The Hall–Kier alpha value is -1.22. The third-order valence-corrected chi connectivity index (χ3v) is 4.52. The number of phenolic OH excluding ortho intramolecular Hbond substituents is 1. The number of nitrogens with one attached hydrogen (secondary N) is 1. The largest absolute Gasteiger partial charge is 0.504 e. The van der Waals surface area contributed by atoms with E-state index in [9.17, 15) is 5.11 Å². The monoisotopic (exact) mass is 263 g/mol. The van der Waals surface area contributed by atoms with Crippen LogP contribution in [-0.4, -0.2) is 18.3 Å². The molecule has 0 amide bonds. The molecule has 0 saturated heterocycles. The van der Waals surface area contributed by atoms with Gasteiger partial charge < -0.3 is 15.2 Å². The van der Waals surface area contributed by atoms with E-state index in [2.05, 4.69) is 19.2 Å². The van der Waals surface area contributed by atoms with Crippen LogP contribution in [0.2, 0.25) is 0 Å². The summed E-state index contributed by atoms with van der Waals surface area (Å²) in [6.07, 6.45) is 3.94. The summed E-state index contributed by atoms with van der Waals surface area (Å²) in [5, 5.41) is 13.2. The van der Waals surface area contributed by atoms with E-state index in [4.69, 9.17) is 4.74 Å². The second-order valence-electron chi connectivity index (χ2n) is 5.76. The van der Waals surface area contributed by atoms with Crippen LogP contribution in [0.1, 0.15) is 38.7 Å². The molecular weight excluding hydrogens is 238 g/mol. The highest BCUT2D eigenvalue weighted by Crippen LogP contribution is 2.30. The van der Waals surface area contributed by atoms with Crippen LogP contribution >= 0.6 is 0 Å². The van der Waals surface area contributed by atoms with Crippen LogP contribution < -0.4 is 10.1 Å². The molecule has 0 aliphatic heterocycles. The fraction of sp³-hybridized carbons (Fsp3) is 0.625. The van der Waals surface area contributed by atoms with Crippen LogP contribution in [0.25, 0.3) is 0 Å². The normalized spacial score (nSPS) is 27.2. The van der Waals surface area contributed by atoms with Crippen molar-refractivity contribution in [1.29, 1.82) is 0 Å². The van der Waals surface area contributed by atoms with Crippen LogP contribution in [0.5, 0.6) is 11.5 Å². The number of aromatic hydroxyl groups is 1. The number of ether oxygens (including phenoxy) is 1. The summed E-state index contributed by atoms with van der Waals surface area (Å²) < 4.78 is 5.14. The molecule has 1 saturated carbocycles. The molecule has 19 heavy (non-hydrogen) atoms. The molecule has 0 radical (unpaired) electrons. The van der Waals surface area contributed by atoms with Gasteiger partial charge in [-0.05, 0) is 36.0 Å². The topological polar surface area (TPSA) is 41.5 Å². The summed E-state index contributed by atoms with van der Waals surface area (Å²) in [5.41, 5.74) is 1.15. The Morgan fingerprint density at radius 3 is 2.84 bits per heavy atom. The van der Waals surface area contributed by atoms with Gasteiger partial charge in [-0.2, -0.15) is 0 Å². The molecular formula is C16H25NO2. The third-order valence-electron chi connectivity index (χ3n) is 4.52. The summed E-state index contributed by atoms with van der Waals surface area (Å²) in [4.78, 5) is 0.